The second-order valence-electron chi connectivity index (χ2n) is 10.4. The van der Waals surface area contributed by atoms with Crippen LogP contribution >= 0.6 is 0 Å². The van der Waals surface area contributed by atoms with E-state index in [4.69, 9.17) is 9.15 Å². The lowest BCUT2D eigenvalue weighted by atomic mass is 9.89. The van der Waals surface area contributed by atoms with E-state index in [0.717, 1.165) is 31.7 Å². The van der Waals surface area contributed by atoms with Crippen LogP contribution < -0.4 is 10.1 Å². The number of phenolic OH excluding ortho intramolecular Hbond substituents is 1. The number of aromatic nitrogens is 1. The molecule has 1 fully saturated rings. The van der Waals surface area contributed by atoms with Crippen molar-refractivity contribution in [2.24, 2.45) is 5.41 Å². The minimum atomic E-state index is -1.10. The van der Waals surface area contributed by atoms with Gasteiger partial charge in [0.05, 0.1) is 12.6 Å². The average Bonchev–Trinajstić information content (AvgIpc) is 3.31. The fraction of sp³-hybridized carbons (Fsp3) is 0.357. The highest BCUT2D eigenvalue weighted by Crippen LogP contribution is 2.46. The molecule has 0 radical (unpaired) electrons. The predicted octanol–water partition coefficient (Wildman–Crippen LogP) is 4.80. The smallest absolute Gasteiger partial charge is 0.339 e. The molecule has 0 spiro atoms. The summed E-state index contributed by atoms with van der Waals surface area (Å²) < 4.78 is 11.8. The lowest BCUT2D eigenvalue weighted by Crippen LogP contribution is -2.45. The molecule has 8 nitrogen and oxygen atoms in total. The zero-order valence-electron chi connectivity index (χ0n) is 20.7. The van der Waals surface area contributed by atoms with E-state index in [9.17, 15) is 15.0 Å². The molecular formula is C28H31N3O5. The Balaban J connectivity index is 1.76. The molecule has 3 heterocycles. The van der Waals surface area contributed by atoms with Crippen LogP contribution in [0.2, 0.25) is 0 Å². The number of carbonyl (C=O) groups is 1. The van der Waals surface area contributed by atoms with Gasteiger partial charge in [-0.05, 0) is 17.0 Å². The van der Waals surface area contributed by atoms with Crippen molar-refractivity contribution < 1.29 is 24.2 Å². The summed E-state index contributed by atoms with van der Waals surface area (Å²) >= 11 is 0. The van der Waals surface area contributed by atoms with Crippen LogP contribution in [-0.4, -0.2) is 58.9 Å². The summed E-state index contributed by atoms with van der Waals surface area (Å²) in [5.74, 6) is -0.558. The van der Waals surface area contributed by atoms with Gasteiger partial charge in [-0.3, -0.25) is 4.90 Å². The number of pyridine rings is 1. The summed E-state index contributed by atoms with van der Waals surface area (Å²) in [6.45, 7) is 9.79. The van der Waals surface area contributed by atoms with Crippen molar-refractivity contribution in [3.05, 3.63) is 65.5 Å². The number of phenols is 1. The number of carboxylic acids is 1. The first kappa shape index (κ1) is 24.1. The normalized spacial score (nSPS) is 15.9. The summed E-state index contributed by atoms with van der Waals surface area (Å²) in [6.07, 6.45) is 2.97. The number of ether oxygens (including phenoxy) is 1. The van der Waals surface area contributed by atoms with Crippen molar-refractivity contribution in [2.75, 3.05) is 32.8 Å². The van der Waals surface area contributed by atoms with E-state index in [-0.39, 0.29) is 16.7 Å². The summed E-state index contributed by atoms with van der Waals surface area (Å²) in [4.78, 5) is 18.9. The molecule has 2 aromatic carbocycles. The fourth-order valence-electron chi connectivity index (χ4n) is 4.86. The van der Waals surface area contributed by atoms with Gasteiger partial charge in [0, 0.05) is 60.2 Å². The molecule has 36 heavy (non-hydrogen) atoms. The van der Waals surface area contributed by atoms with Gasteiger partial charge in [0.1, 0.15) is 23.2 Å². The van der Waals surface area contributed by atoms with E-state index in [0.29, 0.717) is 39.8 Å². The Kier molecular flexibility index (Phi) is 6.32. The molecule has 0 aliphatic carbocycles. The van der Waals surface area contributed by atoms with Crippen LogP contribution in [0.4, 0.5) is 0 Å². The van der Waals surface area contributed by atoms with Crippen LogP contribution in [0.1, 0.15) is 48.3 Å². The molecule has 0 bridgehead atoms. The van der Waals surface area contributed by atoms with Gasteiger partial charge in [0.15, 0.2) is 0 Å². The number of fused-ring (bicyclic) bond motifs is 3. The fourth-order valence-corrected chi connectivity index (χ4v) is 4.86. The van der Waals surface area contributed by atoms with E-state index >= 15 is 0 Å². The minimum absolute atomic E-state index is 0.0273. The number of piperazine rings is 1. The second kappa shape index (κ2) is 9.44. The number of carboxylic acid groups (broad SMARTS) is 1. The Morgan fingerprint density at radius 1 is 1.19 bits per heavy atom. The highest BCUT2D eigenvalue weighted by molar-refractivity contribution is 6.15. The first-order valence-electron chi connectivity index (χ1n) is 12.2. The van der Waals surface area contributed by atoms with Gasteiger partial charge >= 0.3 is 5.97 Å². The summed E-state index contributed by atoms with van der Waals surface area (Å²) in [5, 5.41) is 26.8. The van der Waals surface area contributed by atoms with Crippen LogP contribution in [0.15, 0.2) is 53.3 Å². The Morgan fingerprint density at radius 3 is 2.61 bits per heavy atom. The van der Waals surface area contributed by atoms with Crippen molar-refractivity contribution in [3.8, 4) is 11.6 Å². The molecule has 0 saturated carbocycles. The highest BCUT2D eigenvalue weighted by atomic mass is 16.5. The van der Waals surface area contributed by atoms with Crippen LogP contribution in [-0.2, 0) is 0 Å². The van der Waals surface area contributed by atoms with Crippen molar-refractivity contribution in [2.45, 2.75) is 26.8 Å². The maximum absolute atomic E-state index is 12.2. The molecular weight excluding hydrogens is 458 g/mol. The zero-order valence-corrected chi connectivity index (χ0v) is 20.7. The standard InChI is InChI=1S/C28H31N3O5/c1-28(2,3)16-36-21-14-17(8-9-30-21)24(31-12-10-29-11-13-31)23-22-20(27(33)34)15-35-26(22)19-7-5-4-6-18(19)25(23)32/h4-9,14-15,24,29,32H,10-13,16H2,1-3H3,(H,33,34). The molecule has 1 atom stereocenters. The quantitative estimate of drug-likeness (QED) is 0.354. The van der Waals surface area contributed by atoms with E-state index in [2.05, 4.69) is 36.0 Å². The van der Waals surface area contributed by atoms with Gasteiger partial charge in [0.25, 0.3) is 0 Å². The second-order valence-corrected chi connectivity index (χ2v) is 10.4. The van der Waals surface area contributed by atoms with E-state index in [1.54, 1.807) is 6.20 Å². The highest BCUT2D eigenvalue weighted by Gasteiger charge is 2.33. The number of rotatable bonds is 6. The molecule has 5 rings (SSSR count). The number of aromatic hydroxyl groups is 1. The average molecular weight is 490 g/mol. The number of nitrogens with zero attached hydrogens (tertiary/aromatic N) is 2. The van der Waals surface area contributed by atoms with Gasteiger partial charge < -0.3 is 24.7 Å². The molecule has 1 aliphatic heterocycles. The molecule has 188 valence electrons. The van der Waals surface area contributed by atoms with Crippen LogP contribution in [0.5, 0.6) is 11.6 Å². The summed E-state index contributed by atoms with van der Waals surface area (Å²) in [6, 6.07) is 10.7. The molecule has 8 heteroatoms. The molecule has 3 N–H and O–H groups in total. The third-order valence-electron chi connectivity index (χ3n) is 6.49. The monoisotopic (exact) mass is 489 g/mol. The number of aromatic carboxylic acids is 1. The van der Waals surface area contributed by atoms with E-state index in [1.165, 1.54) is 6.26 Å². The van der Waals surface area contributed by atoms with E-state index < -0.39 is 12.0 Å². The summed E-state index contributed by atoms with van der Waals surface area (Å²) in [7, 11) is 0. The first-order valence-corrected chi connectivity index (χ1v) is 12.2. The Labute approximate surface area is 209 Å². The number of hydrogen-bond donors (Lipinski definition) is 3. The predicted molar refractivity (Wildman–Crippen MR) is 138 cm³/mol. The lowest BCUT2D eigenvalue weighted by Gasteiger charge is -2.36. The van der Waals surface area contributed by atoms with Gasteiger partial charge in [-0.25, -0.2) is 9.78 Å². The molecule has 1 aliphatic rings. The number of benzene rings is 2. The molecule has 4 aromatic rings. The Morgan fingerprint density at radius 2 is 1.92 bits per heavy atom. The van der Waals surface area contributed by atoms with Crippen LogP contribution in [0.25, 0.3) is 21.7 Å². The number of furan rings is 1. The van der Waals surface area contributed by atoms with Crippen molar-refractivity contribution in [1.29, 1.82) is 0 Å². The number of hydrogen-bond acceptors (Lipinski definition) is 7. The van der Waals surface area contributed by atoms with Gasteiger partial charge in [-0.15, -0.1) is 0 Å². The van der Waals surface area contributed by atoms with E-state index in [1.807, 2.05) is 36.4 Å². The summed E-state index contributed by atoms with van der Waals surface area (Å²) in [5.41, 5.74) is 1.82. The minimum Gasteiger partial charge on any atom is -0.507 e. The third-order valence-corrected chi connectivity index (χ3v) is 6.49. The molecule has 1 saturated heterocycles. The largest absolute Gasteiger partial charge is 0.507 e. The van der Waals surface area contributed by atoms with Crippen LogP contribution in [0.3, 0.4) is 0 Å². The molecule has 0 amide bonds. The van der Waals surface area contributed by atoms with Crippen LogP contribution in [0, 0.1) is 5.41 Å². The first-order chi connectivity index (χ1) is 17.2. The van der Waals surface area contributed by atoms with Crippen molar-refractivity contribution in [1.82, 2.24) is 15.2 Å². The van der Waals surface area contributed by atoms with Crippen molar-refractivity contribution in [3.63, 3.8) is 0 Å². The Hall–Kier alpha value is -3.62. The third kappa shape index (κ3) is 4.50. The van der Waals surface area contributed by atoms with Gasteiger partial charge in [-0.1, -0.05) is 45.0 Å². The lowest BCUT2D eigenvalue weighted by molar-refractivity contribution is 0.0698. The topological polar surface area (TPSA) is 108 Å². The zero-order chi connectivity index (χ0) is 25.4. The van der Waals surface area contributed by atoms with Gasteiger partial charge in [-0.2, -0.15) is 0 Å². The van der Waals surface area contributed by atoms with Gasteiger partial charge in [0.2, 0.25) is 5.88 Å². The van der Waals surface area contributed by atoms with Crippen molar-refractivity contribution >= 4 is 27.7 Å². The number of nitrogens with one attached hydrogen (secondary N) is 1. The maximum Gasteiger partial charge on any atom is 0.339 e. The Bertz CT molecular complexity index is 1420. The maximum atomic E-state index is 12.2. The SMILES string of the molecule is CC(C)(C)COc1cc(C(c2c(O)c3ccccc3c3occ(C(=O)O)c23)N2CCNCC2)ccn1. The molecule has 2 aromatic heterocycles. The molecule has 1 unspecified atom stereocenters.